The molecule has 1 aliphatic rings. The number of fused-ring (bicyclic) bond motifs is 1. The van der Waals surface area contributed by atoms with Crippen molar-refractivity contribution < 1.29 is 0 Å². The van der Waals surface area contributed by atoms with E-state index in [2.05, 4.69) is 64.8 Å². The van der Waals surface area contributed by atoms with Gasteiger partial charge in [-0.1, -0.05) is 12.1 Å². The van der Waals surface area contributed by atoms with Gasteiger partial charge in [0.05, 0.1) is 6.54 Å². The molecule has 0 saturated heterocycles. The first-order valence-electron chi connectivity index (χ1n) is 8.48. The number of aliphatic imine (C=N–C) groups is 1. The van der Waals surface area contributed by atoms with E-state index in [4.69, 9.17) is 0 Å². The average Bonchev–Trinajstić information content (AvgIpc) is 3.00. The lowest BCUT2D eigenvalue weighted by Crippen LogP contribution is -2.36. The Labute approximate surface area is 171 Å². The minimum Gasteiger partial charge on any atom is -0.374 e. The van der Waals surface area contributed by atoms with E-state index < -0.39 is 0 Å². The van der Waals surface area contributed by atoms with Crippen molar-refractivity contribution in [3.8, 4) is 0 Å². The lowest BCUT2D eigenvalue weighted by Gasteiger charge is -2.28. The first kappa shape index (κ1) is 20.0. The number of hydrogen-bond acceptors (Lipinski definition) is 3. The number of aryl methyl sites for hydroxylation is 2. The summed E-state index contributed by atoms with van der Waals surface area (Å²) < 4.78 is 0. The van der Waals surface area contributed by atoms with Crippen LogP contribution in [0.15, 0.2) is 35.3 Å². The first-order chi connectivity index (χ1) is 11.7. The third-order valence-corrected chi connectivity index (χ3v) is 5.41. The predicted octanol–water partition coefficient (Wildman–Crippen LogP) is 3.92. The zero-order valence-electron chi connectivity index (χ0n) is 15.1. The highest BCUT2D eigenvalue weighted by atomic mass is 127. The van der Waals surface area contributed by atoms with Gasteiger partial charge >= 0.3 is 0 Å². The molecule has 2 heterocycles. The van der Waals surface area contributed by atoms with E-state index in [0.29, 0.717) is 0 Å². The van der Waals surface area contributed by atoms with Gasteiger partial charge in [-0.2, -0.15) is 0 Å². The van der Waals surface area contributed by atoms with Gasteiger partial charge in [0.2, 0.25) is 0 Å². The van der Waals surface area contributed by atoms with Gasteiger partial charge in [0.15, 0.2) is 5.96 Å². The Balaban J connectivity index is 0.00000225. The monoisotopic (exact) mass is 470 g/mol. The molecule has 0 bridgehead atoms. The fraction of sp³-hybridized carbons (Fsp3) is 0.421. The lowest BCUT2D eigenvalue weighted by atomic mass is 9.99. The fourth-order valence-electron chi connectivity index (χ4n) is 3.11. The second-order valence-electron chi connectivity index (χ2n) is 6.28. The Morgan fingerprint density at radius 3 is 2.72 bits per heavy atom. The maximum absolute atomic E-state index is 4.32. The summed E-state index contributed by atoms with van der Waals surface area (Å²) in [7, 11) is 3.99. The number of rotatable bonds is 4. The van der Waals surface area contributed by atoms with Gasteiger partial charge in [-0.15, -0.1) is 35.3 Å². The van der Waals surface area contributed by atoms with Gasteiger partial charge in [-0.25, -0.2) is 0 Å². The van der Waals surface area contributed by atoms with Crippen molar-refractivity contribution in [3.63, 3.8) is 0 Å². The molecule has 25 heavy (non-hydrogen) atoms. The molecule has 2 N–H and O–H groups in total. The molecule has 2 aromatic rings. The second-order valence-corrected chi connectivity index (χ2v) is 7.65. The second kappa shape index (κ2) is 9.43. The van der Waals surface area contributed by atoms with E-state index in [9.17, 15) is 0 Å². The molecule has 1 aromatic carbocycles. The Hall–Kier alpha value is -1.28. The molecule has 136 valence electrons. The number of halogens is 1. The number of guanidine groups is 1. The summed E-state index contributed by atoms with van der Waals surface area (Å²) in [5.41, 5.74) is 4.14. The van der Waals surface area contributed by atoms with Gasteiger partial charge in [0, 0.05) is 42.6 Å². The molecule has 1 aromatic heterocycles. The molecule has 0 spiro atoms. The summed E-state index contributed by atoms with van der Waals surface area (Å²) in [6, 6.07) is 11.1. The number of anilines is 1. The van der Waals surface area contributed by atoms with Crippen LogP contribution in [0.2, 0.25) is 0 Å². The van der Waals surface area contributed by atoms with Crippen molar-refractivity contribution in [2.24, 2.45) is 4.99 Å². The van der Waals surface area contributed by atoms with Crippen molar-refractivity contribution in [1.82, 2.24) is 10.6 Å². The molecule has 0 unspecified atom stereocenters. The molecular formula is C19H27IN4S. The number of nitrogens with zero attached hydrogens (tertiary/aromatic N) is 2. The highest BCUT2D eigenvalue weighted by Gasteiger charge is 2.13. The zero-order valence-corrected chi connectivity index (χ0v) is 18.3. The van der Waals surface area contributed by atoms with Crippen LogP contribution >= 0.6 is 35.3 Å². The highest BCUT2D eigenvalue weighted by molar-refractivity contribution is 14.0. The molecule has 0 amide bonds. The van der Waals surface area contributed by atoms with Crippen LogP contribution in [0.25, 0.3) is 0 Å². The number of benzene rings is 1. The number of hydrogen-bond donors (Lipinski definition) is 2. The third kappa shape index (κ3) is 5.34. The summed E-state index contributed by atoms with van der Waals surface area (Å²) in [4.78, 5) is 9.33. The van der Waals surface area contributed by atoms with Crippen LogP contribution in [0.5, 0.6) is 0 Å². The van der Waals surface area contributed by atoms with E-state index in [1.165, 1.54) is 39.4 Å². The van der Waals surface area contributed by atoms with Crippen LogP contribution in [-0.4, -0.2) is 26.6 Å². The Morgan fingerprint density at radius 2 is 2.00 bits per heavy atom. The normalized spacial score (nSPS) is 13.9. The molecule has 0 atom stereocenters. The Morgan fingerprint density at radius 1 is 1.20 bits per heavy atom. The van der Waals surface area contributed by atoms with Crippen LogP contribution < -0.4 is 15.5 Å². The first-order valence-corrected chi connectivity index (χ1v) is 9.30. The topological polar surface area (TPSA) is 39.7 Å². The standard InChI is InChI=1S/C19H26N4S.HI/c1-14-6-8-17(24-14)13-22-19(20-2)21-12-15-7-9-18-16(11-15)5-4-10-23(18)3;/h6-9,11H,4-5,10,12-13H2,1-3H3,(H2,20,21,22);1H. The van der Waals surface area contributed by atoms with Crippen molar-refractivity contribution in [1.29, 1.82) is 0 Å². The Bertz CT molecular complexity index is 726. The fourth-order valence-corrected chi connectivity index (χ4v) is 3.94. The summed E-state index contributed by atoms with van der Waals surface area (Å²) in [5, 5.41) is 6.79. The summed E-state index contributed by atoms with van der Waals surface area (Å²) >= 11 is 1.82. The largest absolute Gasteiger partial charge is 0.374 e. The van der Waals surface area contributed by atoms with E-state index in [-0.39, 0.29) is 24.0 Å². The molecule has 0 radical (unpaired) electrons. The zero-order chi connectivity index (χ0) is 16.9. The van der Waals surface area contributed by atoms with Crippen molar-refractivity contribution in [2.75, 3.05) is 25.5 Å². The molecular weight excluding hydrogens is 443 g/mol. The minimum absolute atomic E-state index is 0. The van der Waals surface area contributed by atoms with Crippen LogP contribution in [0.3, 0.4) is 0 Å². The van der Waals surface area contributed by atoms with Crippen molar-refractivity contribution in [3.05, 3.63) is 51.2 Å². The van der Waals surface area contributed by atoms with Crippen LogP contribution in [-0.2, 0) is 19.5 Å². The summed E-state index contributed by atoms with van der Waals surface area (Å²) in [6.45, 7) is 4.89. The van der Waals surface area contributed by atoms with Crippen LogP contribution in [0.1, 0.15) is 27.3 Å². The van der Waals surface area contributed by atoms with E-state index in [1.54, 1.807) is 0 Å². The maximum atomic E-state index is 4.32. The SMILES string of the molecule is CN=C(NCc1ccc2c(c1)CCCN2C)NCc1ccc(C)s1.I. The Kier molecular flexibility index (Phi) is 7.56. The smallest absolute Gasteiger partial charge is 0.191 e. The van der Waals surface area contributed by atoms with Gasteiger partial charge in [-0.3, -0.25) is 4.99 Å². The lowest BCUT2D eigenvalue weighted by molar-refractivity contribution is 0.740. The van der Waals surface area contributed by atoms with Gasteiger partial charge in [-0.05, 0) is 49.1 Å². The number of nitrogens with one attached hydrogen (secondary N) is 2. The van der Waals surface area contributed by atoms with E-state index in [1.807, 2.05) is 18.4 Å². The van der Waals surface area contributed by atoms with Crippen LogP contribution in [0.4, 0.5) is 5.69 Å². The highest BCUT2D eigenvalue weighted by Crippen LogP contribution is 2.26. The molecule has 1 aliphatic heterocycles. The average molecular weight is 470 g/mol. The summed E-state index contributed by atoms with van der Waals surface area (Å²) in [6.07, 6.45) is 2.42. The molecule has 3 rings (SSSR count). The minimum atomic E-state index is 0. The van der Waals surface area contributed by atoms with Gasteiger partial charge < -0.3 is 15.5 Å². The number of thiophene rings is 1. The van der Waals surface area contributed by atoms with Gasteiger partial charge in [0.25, 0.3) is 0 Å². The predicted molar refractivity (Wildman–Crippen MR) is 120 cm³/mol. The van der Waals surface area contributed by atoms with E-state index in [0.717, 1.165) is 25.6 Å². The molecule has 0 fully saturated rings. The molecule has 6 heteroatoms. The van der Waals surface area contributed by atoms with Crippen molar-refractivity contribution in [2.45, 2.75) is 32.9 Å². The third-order valence-electron chi connectivity index (χ3n) is 4.40. The summed E-state index contributed by atoms with van der Waals surface area (Å²) in [5.74, 6) is 0.843. The molecule has 0 aliphatic carbocycles. The quantitative estimate of drug-likeness (QED) is 0.404. The maximum Gasteiger partial charge on any atom is 0.191 e. The van der Waals surface area contributed by atoms with Gasteiger partial charge in [0.1, 0.15) is 0 Å². The molecule has 4 nitrogen and oxygen atoms in total. The molecule has 0 saturated carbocycles. The van der Waals surface area contributed by atoms with Crippen molar-refractivity contribution >= 4 is 47.0 Å². The van der Waals surface area contributed by atoms with Crippen LogP contribution in [0, 0.1) is 6.92 Å². The van der Waals surface area contributed by atoms with E-state index >= 15 is 0 Å².